The number of aromatic nitrogens is 2. The van der Waals surface area contributed by atoms with E-state index in [9.17, 15) is 4.79 Å². The molecule has 160 valence electrons. The Labute approximate surface area is 177 Å². The van der Waals surface area contributed by atoms with E-state index in [1.165, 1.54) is 12.8 Å². The molecule has 8 nitrogen and oxygen atoms in total. The maximum atomic E-state index is 12.6. The lowest BCUT2D eigenvalue weighted by atomic mass is 10.3. The first-order valence-electron chi connectivity index (χ1n) is 10.8. The molecule has 2 fully saturated rings. The van der Waals surface area contributed by atoms with E-state index < -0.39 is 0 Å². The Bertz CT molecular complexity index is 858. The Morgan fingerprint density at radius 2 is 1.70 bits per heavy atom. The lowest BCUT2D eigenvalue weighted by Crippen LogP contribution is -2.50. The summed E-state index contributed by atoms with van der Waals surface area (Å²) in [5, 5.41) is 2.97. The Kier molecular flexibility index (Phi) is 6.21. The lowest BCUT2D eigenvalue weighted by Gasteiger charge is -2.35. The third-order valence-corrected chi connectivity index (χ3v) is 5.53. The zero-order valence-electron chi connectivity index (χ0n) is 17.8. The summed E-state index contributed by atoms with van der Waals surface area (Å²) < 4.78 is 5.44. The van der Waals surface area contributed by atoms with Gasteiger partial charge in [-0.3, -0.25) is 0 Å². The van der Waals surface area contributed by atoms with Gasteiger partial charge >= 0.3 is 6.03 Å². The van der Waals surface area contributed by atoms with E-state index in [2.05, 4.69) is 26.2 Å². The molecule has 0 aliphatic carbocycles. The van der Waals surface area contributed by atoms with Crippen LogP contribution in [0.15, 0.2) is 30.3 Å². The Hall–Kier alpha value is -3.03. The topological polar surface area (TPSA) is 73.8 Å². The van der Waals surface area contributed by atoms with Crippen LogP contribution in [0.25, 0.3) is 0 Å². The summed E-state index contributed by atoms with van der Waals surface area (Å²) in [4.78, 5) is 28.4. The van der Waals surface area contributed by atoms with Crippen molar-refractivity contribution >= 4 is 23.5 Å². The van der Waals surface area contributed by atoms with Crippen LogP contribution < -0.4 is 19.9 Å². The molecule has 0 bridgehead atoms. The van der Waals surface area contributed by atoms with Crippen molar-refractivity contribution in [1.29, 1.82) is 0 Å². The van der Waals surface area contributed by atoms with Crippen LogP contribution in [0.1, 0.15) is 25.5 Å². The largest absolute Gasteiger partial charge is 0.494 e. The van der Waals surface area contributed by atoms with E-state index in [1.807, 2.05) is 43.0 Å². The molecular formula is C22H30N6O2. The van der Waals surface area contributed by atoms with Crippen LogP contribution >= 0.6 is 0 Å². The predicted molar refractivity (Wildman–Crippen MR) is 119 cm³/mol. The summed E-state index contributed by atoms with van der Waals surface area (Å²) >= 11 is 0. The highest BCUT2D eigenvalue weighted by Gasteiger charge is 2.24. The van der Waals surface area contributed by atoms with E-state index in [0.29, 0.717) is 19.7 Å². The average Bonchev–Trinajstić information content (AvgIpc) is 3.30. The van der Waals surface area contributed by atoms with Crippen molar-refractivity contribution in [3.8, 4) is 5.75 Å². The first-order chi connectivity index (χ1) is 14.6. The van der Waals surface area contributed by atoms with Gasteiger partial charge in [-0.2, -0.15) is 4.98 Å². The summed E-state index contributed by atoms with van der Waals surface area (Å²) in [6.45, 7) is 9.44. The Balaban J connectivity index is 1.33. The van der Waals surface area contributed by atoms with Crippen molar-refractivity contribution < 1.29 is 9.53 Å². The normalized spacial score (nSPS) is 16.7. The van der Waals surface area contributed by atoms with Crippen LogP contribution in [-0.2, 0) is 0 Å². The van der Waals surface area contributed by atoms with E-state index in [1.54, 1.807) is 0 Å². The average molecular weight is 411 g/mol. The molecule has 2 aliphatic heterocycles. The molecule has 2 amide bonds. The molecule has 0 spiro atoms. The van der Waals surface area contributed by atoms with Gasteiger partial charge in [-0.15, -0.1) is 0 Å². The fraction of sp³-hybridized carbons (Fsp3) is 0.500. The van der Waals surface area contributed by atoms with Gasteiger partial charge in [0.05, 0.1) is 6.61 Å². The highest BCUT2D eigenvalue weighted by molar-refractivity contribution is 5.89. The van der Waals surface area contributed by atoms with Gasteiger partial charge in [-0.05, 0) is 51.0 Å². The lowest BCUT2D eigenvalue weighted by molar-refractivity contribution is 0.208. The summed E-state index contributed by atoms with van der Waals surface area (Å²) in [6.07, 6.45) is 2.45. The molecule has 2 aliphatic rings. The molecule has 0 unspecified atom stereocenters. The number of anilines is 3. The Morgan fingerprint density at radius 3 is 2.37 bits per heavy atom. The van der Waals surface area contributed by atoms with Crippen LogP contribution in [-0.4, -0.2) is 66.8 Å². The van der Waals surface area contributed by atoms with Gasteiger partial charge in [0.25, 0.3) is 0 Å². The molecule has 3 heterocycles. The van der Waals surface area contributed by atoms with Crippen molar-refractivity contribution in [3.05, 3.63) is 36.0 Å². The number of nitrogens with one attached hydrogen (secondary N) is 1. The number of hydrogen-bond acceptors (Lipinski definition) is 6. The van der Waals surface area contributed by atoms with Crippen LogP contribution in [0.5, 0.6) is 5.75 Å². The summed E-state index contributed by atoms with van der Waals surface area (Å²) in [6, 6.07) is 9.43. The van der Waals surface area contributed by atoms with Crippen molar-refractivity contribution in [3.63, 3.8) is 0 Å². The number of urea groups is 1. The van der Waals surface area contributed by atoms with E-state index in [-0.39, 0.29) is 6.03 Å². The minimum absolute atomic E-state index is 0.0817. The summed E-state index contributed by atoms with van der Waals surface area (Å²) in [5.74, 6) is 2.59. The molecule has 4 rings (SSSR count). The quantitative estimate of drug-likeness (QED) is 0.816. The van der Waals surface area contributed by atoms with Crippen molar-refractivity contribution in [2.75, 3.05) is 61.0 Å². The molecule has 1 N–H and O–H groups in total. The number of carbonyl (C=O) groups excluding carboxylic acids is 1. The van der Waals surface area contributed by atoms with Gasteiger partial charge in [0.15, 0.2) is 0 Å². The standard InChI is InChI=1S/C22H30N6O2/c1-3-30-19-8-6-18(7-9-19)24-22(29)28-14-12-27(13-15-28)21-23-17(2)16-20(25-21)26-10-4-5-11-26/h6-9,16H,3-5,10-15H2,1-2H3,(H,24,29). The van der Waals surface area contributed by atoms with Gasteiger partial charge in [-0.1, -0.05) is 0 Å². The third-order valence-electron chi connectivity index (χ3n) is 5.53. The fourth-order valence-corrected chi connectivity index (χ4v) is 3.90. The number of piperazine rings is 1. The maximum absolute atomic E-state index is 12.6. The van der Waals surface area contributed by atoms with Crippen LogP contribution in [0.4, 0.5) is 22.2 Å². The minimum atomic E-state index is -0.0817. The van der Waals surface area contributed by atoms with Gasteiger partial charge in [0.2, 0.25) is 5.95 Å². The van der Waals surface area contributed by atoms with Crippen molar-refractivity contribution in [1.82, 2.24) is 14.9 Å². The first kappa shape index (κ1) is 20.3. The predicted octanol–water partition coefficient (Wildman–Crippen LogP) is 3.14. The summed E-state index contributed by atoms with van der Waals surface area (Å²) in [7, 11) is 0. The molecule has 2 saturated heterocycles. The van der Waals surface area contributed by atoms with Gasteiger partial charge in [-0.25, -0.2) is 9.78 Å². The molecule has 0 radical (unpaired) electrons. The molecule has 1 aromatic carbocycles. The maximum Gasteiger partial charge on any atom is 0.321 e. The Morgan fingerprint density at radius 1 is 1.00 bits per heavy atom. The second-order valence-electron chi connectivity index (χ2n) is 7.72. The minimum Gasteiger partial charge on any atom is -0.494 e. The zero-order chi connectivity index (χ0) is 20.9. The van der Waals surface area contributed by atoms with E-state index in [4.69, 9.17) is 9.72 Å². The highest BCUT2D eigenvalue weighted by Crippen LogP contribution is 2.22. The fourth-order valence-electron chi connectivity index (χ4n) is 3.90. The molecular weight excluding hydrogens is 380 g/mol. The monoisotopic (exact) mass is 410 g/mol. The molecule has 0 atom stereocenters. The molecule has 8 heteroatoms. The SMILES string of the molecule is CCOc1ccc(NC(=O)N2CCN(c3nc(C)cc(N4CCCC4)n3)CC2)cc1. The van der Waals surface area contributed by atoms with Crippen molar-refractivity contribution in [2.45, 2.75) is 26.7 Å². The van der Waals surface area contributed by atoms with Crippen LogP contribution in [0, 0.1) is 6.92 Å². The highest BCUT2D eigenvalue weighted by atomic mass is 16.5. The number of ether oxygens (including phenoxy) is 1. The van der Waals surface area contributed by atoms with Crippen LogP contribution in [0.3, 0.4) is 0 Å². The third kappa shape index (κ3) is 4.75. The second-order valence-corrected chi connectivity index (χ2v) is 7.72. The number of aryl methyl sites for hydroxylation is 1. The molecule has 1 aromatic heterocycles. The molecule has 30 heavy (non-hydrogen) atoms. The van der Waals surface area contributed by atoms with E-state index in [0.717, 1.165) is 55.1 Å². The second kappa shape index (κ2) is 9.19. The number of amides is 2. The summed E-state index contributed by atoms with van der Waals surface area (Å²) in [5.41, 5.74) is 1.75. The first-order valence-corrected chi connectivity index (χ1v) is 10.8. The van der Waals surface area contributed by atoms with Crippen LogP contribution in [0.2, 0.25) is 0 Å². The number of carbonyl (C=O) groups is 1. The number of rotatable bonds is 5. The smallest absolute Gasteiger partial charge is 0.321 e. The van der Waals surface area contributed by atoms with E-state index >= 15 is 0 Å². The van der Waals surface area contributed by atoms with Gasteiger partial charge in [0, 0.05) is 56.7 Å². The van der Waals surface area contributed by atoms with Crippen molar-refractivity contribution in [2.24, 2.45) is 0 Å². The molecule has 2 aromatic rings. The molecule has 0 saturated carbocycles. The number of nitrogens with zero attached hydrogens (tertiary/aromatic N) is 5. The zero-order valence-corrected chi connectivity index (χ0v) is 17.8. The number of benzene rings is 1. The van der Waals surface area contributed by atoms with Gasteiger partial charge < -0.3 is 24.8 Å². The van der Waals surface area contributed by atoms with Gasteiger partial charge in [0.1, 0.15) is 11.6 Å². The number of hydrogen-bond donors (Lipinski definition) is 1.